The summed E-state index contributed by atoms with van der Waals surface area (Å²) in [6, 6.07) is 13.2. The normalized spacial score (nSPS) is 22.0. The SMILES string of the molecule is CC1C(C)(C)c2ccc(C(=O)c3ccccc3C(=O)NN3CCNCC3)cc2C1(C)C. The highest BCUT2D eigenvalue weighted by Crippen LogP contribution is 2.53. The average Bonchev–Trinajstić information content (AvgIpc) is 2.91. The summed E-state index contributed by atoms with van der Waals surface area (Å²) in [6.45, 7) is 14.5. The van der Waals surface area contributed by atoms with Crippen LogP contribution in [0.4, 0.5) is 0 Å². The molecule has 1 saturated heterocycles. The summed E-state index contributed by atoms with van der Waals surface area (Å²) >= 11 is 0. The van der Waals surface area contributed by atoms with Gasteiger partial charge in [-0.25, -0.2) is 5.01 Å². The molecule has 1 atom stereocenters. The molecule has 0 saturated carbocycles. The second-order valence-electron chi connectivity index (χ2n) is 9.98. The van der Waals surface area contributed by atoms with Crippen molar-refractivity contribution >= 4 is 11.7 Å². The van der Waals surface area contributed by atoms with Crippen LogP contribution in [0, 0.1) is 5.92 Å². The van der Waals surface area contributed by atoms with Crippen molar-refractivity contribution in [2.45, 2.75) is 45.4 Å². The van der Waals surface area contributed by atoms with Gasteiger partial charge in [0.05, 0.1) is 5.56 Å². The largest absolute Gasteiger partial charge is 0.314 e. The van der Waals surface area contributed by atoms with E-state index in [4.69, 9.17) is 0 Å². The summed E-state index contributed by atoms with van der Waals surface area (Å²) in [6.07, 6.45) is 0. The Labute approximate surface area is 185 Å². The summed E-state index contributed by atoms with van der Waals surface area (Å²) in [5, 5.41) is 5.17. The van der Waals surface area contributed by atoms with Crippen molar-refractivity contribution in [1.82, 2.24) is 15.8 Å². The van der Waals surface area contributed by atoms with Gasteiger partial charge in [-0.15, -0.1) is 0 Å². The van der Waals surface area contributed by atoms with E-state index in [2.05, 4.69) is 51.4 Å². The van der Waals surface area contributed by atoms with Crippen molar-refractivity contribution in [3.8, 4) is 0 Å². The van der Waals surface area contributed by atoms with Gasteiger partial charge in [-0.1, -0.05) is 65.0 Å². The summed E-state index contributed by atoms with van der Waals surface area (Å²) in [4.78, 5) is 26.5. The van der Waals surface area contributed by atoms with E-state index >= 15 is 0 Å². The van der Waals surface area contributed by atoms with E-state index in [1.54, 1.807) is 18.2 Å². The third kappa shape index (κ3) is 3.70. The summed E-state index contributed by atoms with van der Waals surface area (Å²) in [5.41, 5.74) is 7.04. The van der Waals surface area contributed by atoms with Crippen molar-refractivity contribution in [3.05, 3.63) is 70.3 Å². The van der Waals surface area contributed by atoms with Crippen LogP contribution in [-0.4, -0.2) is 42.9 Å². The van der Waals surface area contributed by atoms with E-state index in [0.717, 1.165) is 26.2 Å². The number of rotatable bonds is 4. The highest BCUT2D eigenvalue weighted by atomic mass is 16.2. The van der Waals surface area contributed by atoms with Gasteiger partial charge in [0, 0.05) is 37.3 Å². The van der Waals surface area contributed by atoms with Crippen molar-refractivity contribution in [2.75, 3.05) is 26.2 Å². The molecule has 1 fully saturated rings. The fraction of sp³-hybridized carbons (Fsp3) is 0.462. The molecule has 2 aromatic rings. The average molecular weight is 420 g/mol. The van der Waals surface area contributed by atoms with Crippen LogP contribution in [0.1, 0.15) is 72.0 Å². The van der Waals surface area contributed by atoms with Crippen LogP contribution >= 0.6 is 0 Å². The van der Waals surface area contributed by atoms with Crippen LogP contribution in [0.15, 0.2) is 42.5 Å². The van der Waals surface area contributed by atoms with E-state index in [9.17, 15) is 9.59 Å². The number of benzene rings is 2. The minimum atomic E-state index is -0.234. The Morgan fingerprint density at radius 1 is 0.935 bits per heavy atom. The molecular weight excluding hydrogens is 386 g/mol. The molecule has 2 aliphatic rings. The van der Waals surface area contributed by atoms with Crippen molar-refractivity contribution in [1.29, 1.82) is 0 Å². The third-order valence-electron chi connectivity index (χ3n) is 7.63. The molecular formula is C26H33N3O2. The zero-order chi connectivity index (χ0) is 22.4. The molecule has 1 heterocycles. The molecule has 0 aromatic heterocycles. The summed E-state index contributed by atoms with van der Waals surface area (Å²) < 4.78 is 0. The lowest BCUT2D eigenvalue weighted by Crippen LogP contribution is -2.52. The number of ketones is 1. The number of hydrazine groups is 1. The molecule has 1 amide bonds. The van der Waals surface area contributed by atoms with Gasteiger partial charge in [0.25, 0.3) is 5.91 Å². The standard InChI is InChI=1S/C26H33N3O2/c1-17-25(2,3)21-11-10-18(16-22(21)26(17,4)5)23(30)19-8-6-7-9-20(19)24(31)28-29-14-12-27-13-15-29/h6-11,16-17,27H,12-15H2,1-5H3,(H,28,31). The first-order valence-electron chi connectivity index (χ1n) is 11.2. The molecule has 0 spiro atoms. The molecule has 2 N–H and O–H groups in total. The maximum Gasteiger partial charge on any atom is 0.266 e. The maximum absolute atomic E-state index is 13.5. The first-order chi connectivity index (χ1) is 14.6. The smallest absolute Gasteiger partial charge is 0.266 e. The van der Waals surface area contributed by atoms with Crippen molar-refractivity contribution in [3.63, 3.8) is 0 Å². The van der Waals surface area contributed by atoms with Crippen LogP contribution in [-0.2, 0) is 10.8 Å². The molecule has 2 aromatic carbocycles. The van der Waals surface area contributed by atoms with Gasteiger partial charge < -0.3 is 5.32 Å². The minimum absolute atomic E-state index is 0.0195. The number of carbonyl (C=O) groups is 2. The van der Waals surface area contributed by atoms with Gasteiger partial charge in [-0.05, 0) is 40.0 Å². The first kappa shape index (κ1) is 21.7. The second kappa shape index (κ2) is 7.88. The minimum Gasteiger partial charge on any atom is -0.314 e. The van der Waals surface area contributed by atoms with Crippen LogP contribution in [0.2, 0.25) is 0 Å². The molecule has 0 bridgehead atoms. The van der Waals surface area contributed by atoms with Gasteiger partial charge in [0.15, 0.2) is 5.78 Å². The zero-order valence-corrected chi connectivity index (χ0v) is 19.2. The molecule has 5 heteroatoms. The Hall–Kier alpha value is -2.50. The number of hydrogen-bond acceptors (Lipinski definition) is 4. The Morgan fingerprint density at radius 3 is 2.23 bits per heavy atom. The number of hydrogen-bond donors (Lipinski definition) is 2. The molecule has 31 heavy (non-hydrogen) atoms. The number of carbonyl (C=O) groups excluding carboxylic acids is 2. The predicted molar refractivity (Wildman–Crippen MR) is 123 cm³/mol. The van der Waals surface area contributed by atoms with Crippen LogP contribution < -0.4 is 10.7 Å². The Bertz CT molecular complexity index is 1020. The lowest BCUT2D eigenvalue weighted by molar-refractivity contribution is 0.0761. The predicted octanol–water partition coefficient (Wildman–Crippen LogP) is 3.67. The number of amides is 1. The van der Waals surface area contributed by atoms with E-state index in [-0.39, 0.29) is 22.5 Å². The molecule has 1 aliphatic carbocycles. The van der Waals surface area contributed by atoms with E-state index in [1.807, 2.05) is 23.2 Å². The van der Waals surface area contributed by atoms with Crippen LogP contribution in [0.5, 0.6) is 0 Å². The van der Waals surface area contributed by atoms with Crippen LogP contribution in [0.3, 0.4) is 0 Å². The molecule has 0 radical (unpaired) electrons. The van der Waals surface area contributed by atoms with Gasteiger partial charge in [-0.2, -0.15) is 0 Å². The third-order valence-corrected chi connectivity index (χ3v) is 7.63. The number of fused-ring (bicyclic) bond motifs is 1. The van der Waals surface area contributed by atoms with Gasteiger partial charge >= 0.3 is 0 Å². The lowest BCUT2D eigenvalue weighted by Gasteiger charge is -2.32. The zero-order valence-electron chi connectivity index (χ0n) is 19.2. The molecule has 1 unspecified atom stereocenters. The quantitative estimate of drug-likeness (QED) is 0.743. The van der Waals surface area contributed by atoms with E-state index < -0.39 is 0 Å². The molecule has 1 aliphatic heterocycles. The fourth-order valence-corrected chi connectivity index (χ4v) is 5.16. The maximum atomic E-state index is 13.5. The number of nitrogens with zero attached hydrogens (tertiary/aromatic N) is 1. The molecule has 5 nitrogen and oxygen atoms in total. The Morgan fingerprint density at radius 2 is 1.55 bits per heavy atom. The fourth-order valence-electron chi connectivity index (χ4n) is 5.16. The van der Waals surface area contributed by atoms with Crippen molar-refractivity contribution in [2.24, 2.45) is 5.92 Å². The van der Waals surface area contributed by atoms with E-state index in [1.165, 1.54) is 11.1 Å². The van der Waals surface area contributed by atoms with Crippen LogP contribution in [0.25, 0.3) is 0 Å². The van der Waals surface area contributed by atoms with Gasteiger partial charge in [-0.3, -0.25) is 15.0 Å². The highest BCUT2D eigenvalue weighted by molar-refractivity contribution is 6.15. The Balaban J connectivity index is 1.66. The van der Waals surface area contributed by atoms with Gasteiger partial charge in [0.2, 0.25) is 0 Å². The van der Waals surface area contributed by atoms with E-state index in [0.29, 0.717) is 22.6 Å². The second-order valence-corrected chi connectivity index (χ2v) is 9.98. The lowest BCUT2D eigenvalue weighted by atomic mass is 9.71. The highest BCUT2D eigenvalue weighted by Gasteiger charge is 2.48. The van der Waals surface area contributed by atoms with Gasteiger partial charge in [0.1, 0.15) is 0 Å². The molecule has 4 rings (SSSR count). The monoisotopic (exact) mass is 419 g/mol. The summed E-state index contributed by atoms with van der Waals surface area (Å²) in [5.74, 6) is 0.113. The Kier molecular flexibility index (Phi) is 5.52. The van der Waals surface area contributed by atoms with Crippen molar-refractivity contribution < 1.29 is 9.59 Å². The number of nitrogens with one attached hydrogen (secondary N) is 2. The topological polar surface area (TPSA) is 61.4 Å². The number of piperazine rings is 1. The summed E-state index contributed by atoms with van der Waals surface area (Å²) in [7, 11) is 0. The first-order valence-corrected chi connectivity index (χ1v) is 11.2. The molecule has 164 valence electrons.